The molecule has 0 bridgehead atoms. The van der Waals surface area contributed by atoms with Crippen molar-refractivity contribution in [3.63, 3.8) is 0 Å². The molecule has 1 fully saturated rings. The minimum absolute atomic E-state index is 0.0950. The lowest BCUT2D eigenvalue weighted by Gasteiger charge is -2.34. The van der Waals surface area contributed by atoms with Crippen molar-refractivity contribution in [3.05, 3.63) is 17.5 Å². The molecule has 0 radical (unpaired) electrons. The van der Waals surface area contributed by atoms with Crippen molar-refractivity contribution in [2.24, 2.45) is 5.73 Å². The van der Waals surface area contributed by atoms with E-state index in [1.807, 2.05) is 17.5 Å². The van der Waals surface area contributed by atoms with Gasteiger partial charge in [0.2, 0.25) is 5.91 Å². The van der Waals surface area contributed by atoms with Gasteiger partial charge in [0.05, 0.1) is 5.00 Å². The van der Waals surface area contributed by atoms with Crippen molar-refractivity contribution in [2.45, 2.75) is 25.3 Å². The Hall–Kier alpha value is -1.03. The molecule has 2 heterocycles. The third-order valence-corrected chi connectivity index (χ3v) is 3.53. The van der Waals surface area contributed by atoms with E-state index in [-0.39, 0.29) is 11.9 Å². The highest BCUT2D eigenvalue weighted by atomic mass is 32.1. The summed E-state index contributed by atoms with van der Waals surface area (Å²) in [5.41, 5.74) is 5.39. The molecule has 14 heavy (non-hydrogen) atoms. The highest BCUT2D eigenvalue weighted by molar-refractivity contribution is 7.14. The van der Waals surface area contributed by atoms with Crippen molar-refractivity contribution in [1.82, 2.24) is 0 Å². The first-order chi connectivity index (χ1) is 6.79. The largest absolute Gasteiger partial charge is 0.368 e. The molecule has 1 saturated heterocycles. The minimum Gasteiger partial charge on any atom is -0.368 e. The zero-order valence-corrected chi connectivity index (χ0v) is 8.80. The van der Waals surface area contributed by atoms with E-state index < -0.39 is 0 Å². The predicted molar refractivity (Wildman–Crippen MR) is 58.5 cm³/mol. The lowest BCUT2D eigenvalue weighted by atomic mass is 10.0. The third kappa shape index (κ3) is 1.75. The number of carbonyl (C=O) groups excluding carboxylic acids is 1. The van der Waals surface area contributed by atoms with Gasteiger partial charge in [-0.2, -0.15) is 0 Å². The normalized spacial score (nSPS) is 22.3. The SMILES string of the molecule is NC(=O)[C@@H]1CCCCN1c1cccs1. The van der Waals surface area contributed by atoms with Crippen LogP contribution in [0.3, 0.4) is 0 Å². The van der Waals surface area contributed by atoms with Crippen LogP contribution in [-0.4, -0.2) is 18.5 Å². The van der Waals surface area contributed by atoms with Crippen LogP contribution in [0.1, 0.15) is 19.3 Å². The van der Waals surface area contributed by atoms with E-state index in [4.69, 9.17) is 5.73 Å². The fraction of sp³-hybridized carbons (Fsp3) is 0.500. The van der Waals surface area contributed by atoms with Crippen LogP contribution in [0, 0.1) is 0 Å². The maximum Gasteiger partial charge on any atom is 0.240 e. The summed E-state index contributed by atoms with van der Waals surface area (Å²) in [6.45, 7) is 0.952. The van der Waals surface area contributed by atoms with E-state index >= 15 is 0 Å². The Morgan fingerprint density at radius 1 is 1.57 bits per heavy atom. The number of amides is 1. The molecule has 0 unspecified atom stereocenters. The first-order valence-corrected chi connectivity index (χ1v) is 5.76. The average molecular weight is 210 g/mol. The van der Waals surface area contributed by atoms with Gasteiger partial charge in [-0.25, -0.2) is 0 Å². The molecule has 1 aromatic rings. The van der Waals surface area contributed by atoms with Gasteiger partial charge in [0, 0.05) is 6.54 Å². The molecular formula is C10H14N2OS. The fourth-order valence-electron chi connectivity index (χ4n) is 1.92. The average Bonchev–Trinajstić information content (AvgIpc) is 2.70. The quantitative estimate of drug-likeness (QED) is 0.805. The lowest BCUT2D eigenvalue weighted by Crippen LogP contribution is -2.47. The first kappa shape index (κ1) is 9.52. The molecule has 1 amide bonds. The Kier molecular flexibility index (Phi) is 2.72. The van der Waals surface area contributed by atoms with Gasteiger partial charge in [-0.1, -0.05) is 0 Å². The van der Waals surface area contributed by atoms with Crippen molar-refractivity contribution in [3.8, 4) is 0 Å². The monoisotopic (exact) mass is 210 g/mol. The molecule has 1 aliphatic heterocycles. The van der Waals surface area contributed by atoms with Crippen molar-refractivity contribution < 1.29 is 4.79 Å². The number of nitrogens with two attached hydrogens (primary N) is 1. The van der Waals surface area contributed by atoms with Crippen LogP contribution in [0.2, 0.25) is 0 Å². The van der Waals surface area contributed by atoms with E-state index in [0.29, 0.717) is 0 Å². The number of primary amides is 1. The molecule has 2 rings (SSSR count). The van der Waals surface area contributed by atoms with Crippen LogP contribution in [0.5, 0.6) is 0 Å². The summed E-state index contributed by atoms with van der Waals surface area (Å²) in [7, 11) is 0. The fourth-order valence-corrected chi connectivity index (χ4v) is 2.73. The summed E-state index contributed by atoms with van der Waals surface area (Å²) in [6, 6.07) is 3.96. The molecule has 3 nitrogen and oxygen atoms in total. The highest BCUT2D eigenvalue weighted by Crippen LogP contribution is 2.28. The maximum atomic E-state index is 11.2. The second-order valence-electron chi connectivity index (χ2n) is 3.56. The zero-order chi connectivity index (χ0) is 9.97. The Labute approximate surface area is 87.5 Å². The van der Waals surface area contributed by atoms with E-state index in [1.54, 1.807) is 11.3 Å². The molecule has 1 aliphatic rings. The van der Waals surface area contributed by atoms with Crippen LogP contribution < -0.4 is 10.6 Å². The first-order valence-electron chi connectivity index (χ1n) is 4.88. The summed E-state index contributed by atoms with van der Waals surface area (Å²) < 4.78 is 0. The van der Waals surface area contributed by atoms with Crippen molar-refractivity contribution >= 4 is 22.2 Å². The number of anilines is 1. The second kappa shape index (κ2) is 4.00. The van der Waals surface area contributed by atoms with Gasteiger partial charge in [0.1, 0.15) is 6.04 Å². The summed E-state index contributed by atoms with van der Waals surface area (Å²) >= 11 is 1.67. The molecule has 76 valence electrons. The number of piperidine rings is 1. The van der Waals surface area contributed by atoms with Gasteiger partial charge in [-0.15, -0.1) is 11.3 Å². The Balaban J connectivity index is 2.18. The van der Waals surface area contributed by atoms with E-state index in [1.165, 1.54) is 0 Å². The van der Waals surface area contributed by atoms with E-state index in [2.05, 4.69) is 4.90 Å². The van der Waals surface area contributed by atoms with Crippen LogP contribution in [0.4, 0.5) is 5.00 Å². The Bertz CT molecular complexity index is 310. The molecular weight excluding hydrogens is 196 g/mol. The smallest absolute Gasteiger partial charge is 0.240 e. The summed E-state index contributed by atoms with van der Waals surface area (Å²) in [4.78, 5) is 13.4. The molecule has 0 saturated carbocycles. The summed E-state index contributed by atoms with van der Waals surface area (Å²) in [6.07, 6.45) is 3.16. The second-order valence-corrected chi connectivity index (χ2v) is 4.48. The van der Waals surface area contributed by atoms with Gasteiger partial charge in [-0.05, 0) is 36.8 Å². The van der Waals surface area contributed by atoms with E-state index in [0.717, 1.165) is 30.8 Å². The minimum atomic E-state index is -0.196. The van der Waals surface area contributed by atoms with Crippen molar-refractivity contribution in [2.75, 3.05) is 11.4 Å². The topological polar surface area (TPSA) is 46.3 Å². The van der Waals surface area contributed by atoms with Crippen LogP contribution in [-0.2, 0) is 4.79 Å². The van der Waals surface area contributed by atoms with Gasteiger partial charge >= 0.3 is 0 Å². The van der Waals surface area contributed by atoms with Gasteiger partial charge < -0.3 is 10.6 Å². The highest BCUT2D eigenvalue weighted by Gasteiger charge is 2.27. The number of thiophene rings is 1. The number of hydrogen-bond acceptors (Lipinski definition) is 3. The van der Waals surface area contributed by atoms with Crippen LogP contribution in [0.25, 0.3) is 0 Å². The Morgan fingerprint density at radius 3 is 3.07 bits per heavy atom. The standard InChI is InChI=1S/C10H14N2OS/c11-10(13)8-4-1-2-6-12(8)9-5-3-7-14-9/h3,5,7-8H,1-2,4,6H2,(H2,11,13)/t8-/m0/s1. The molecule has 1 aromatic heterocycles. The Morgan fingerprint density at radius 2 is 2.43 bits per heavy atom. The number of nitrogens with zero attached hydrogens (tertiary/aromatic N) is 1. The molecule has 1 atom stereocenters. The van der Waals surface area contributed by atoms with Gasteiger partial charge in [0.15, 0.2) is 0 Å². The number of carbonyl (C=O) groups is 1. The van der Waals surface area contributed by atoms with Crippen molar-refractivity contribution in [1.29, 1.82) is 0 Å². The summed E-state index contributed by atoms with van der Waals surface area (Å²) in [5, 5.41) is 3.19. The number of hydrogen-bond donors (Lipinski definition) is 1. The van der Waals surface area contributed by atoms with E-state index in [9.17, 15) is 4.79 Å². The predicted octanol–water partition coefficient (Wildman–Crippen LogP) is 1.59. The molecule has 0 aliphatic carbocycles. The molecule has 4 heteroatoms. The lowest BCUT2D eigenvalue weighted by molar-refractivity contribution is -0.119. The zero-order valence-electron chi connectivity index (χ0n) is 7.98. The van der Waals surface area contributed by atoms with Crippen LogP contribution in [0.15, 0.2) is 17.5 Å². The molecule has 2 N–H and O–H groups in total. The summed E-state index contributed by atoms with van der Waals surface area (Å²) in [5.74, 6) is -0.196. The molecule has 0 aromatic carbocycles. The van der Waals surface area contributed by atoms with Gasteiger partial charge in [0.25, 0.3) is 0 Å². The maximum absolute atomic E-state index is 11.2. The van der Waals surface area contributed by atoms with Crippen LogP contribution >= 0.6 is 11.3 Å². The molecule has 0 spiro atoms. The number of rotatable bonds is 2. The van der Waals surface area contributed by atoms with Gasteiger partial charge in [-0.3, -0.25) is 4.79 Å². The third-order valence-electron chi connectivity index (χ3n) is 2.62.